The summed E-state index contributed by atoms with van der Waals surface area (Å²) in [5.74, 6) is 0.388. The van der Waals surface area contributed by atoms with Gasteiger partial charge in [0.25, 0.3) is 0 Å². The van der Waals surface area contributed by atoms with Gasteiger partial charge in [0.1, 0.15) is 0 Å². The Labute approximate surface area is 175 Å². The summed E-state index contributed by atoms with van der Waals surface area (Å²) < 4.78 is 0. The van der Waals surface area contributed by atoms with Crippen molar-refractivity contribution >= 4 is 0 Å². The largest absolute Gasteiger partial charge is 0.198 e. The minimum Gasteiger partial charge on any atom is -0.198 e. The minimum atomic E-state index is -0.239. The van der Waals surface area contributed by atoms with Crippen molar-refractivity contribution in [2.75, 3.05) is 0 Å². The van der Waals surface area contributed by atoms with E-state index in [-0.39, 0.29) is 17.3 Å². The lowest BCUT2D eigenvalue weighted by Crippen LogP contribution is -2.28. The second kappa shape index (κ2) is 17.1. The molecule has 0 aliphatic heterocycles. The average molecular weight is 391 g/mol. The van der Waals surface area contributed by atoms with Crippen LogP contribution in [0.5, 0.6) is 0 Å². The molecule has 0 atom stereocenters. The van der Waals surface area contributed by atoms with Crippen LogP contribution in [-0.2, 0) is 0 Å². The van der Waals surface area contributed by atoms with E-state index in [1.165, 1.54) is 0 Å². The van der Waals surface area contributed by atoms with Crippen LogP contribution in [0.15, 0.2) is 0 Å². The van der Waals surface area contributed by atoms with Crippen LogP contribution >= 0.6 is 0 Å². The molecule has 0 aromatic rings. The molecule has 0 spiro atoms. The van der Waals surface area contributed by atoms with Gasteiger partial charge in [0.15, 0.2) is 0 Å². The van der Waals surface area contributed by atoms with Gasteiger partial charge in [0.2, 0.25) is 0 Å². The Morgan fingerprint density at radius 3 is 0.966 bits per heavy atom. The van der Waals surface area contributed by atoms with E-state index >= 15 is 0 Å². The summed E-state index contributed by atoms with van der Waals surface area (Å²) in [7, 11) is 0. The molecule has 0 saturated heterocycles. The monoisotopic (exact) mass is 390 g/mol. The Bertz CT molecular complexity index is 603. The Balaban J connectivity index is 5.70. The molecule has 0 fully saturated rings. The van der Waals surface area contributed by atoms with Crippen LogP contribution in [0.1, 0.15) is 89.9 Å². The second-order valence-electron chi connectivity index (χ2n) is 7.74. The maximum absolute atomic E-state index is 9.20. The number of hydrogen-bond donors (Lipinski definition) is 0. The lowest BCUT2D eigenvalue weighted by molar-refractivity contribution is 0.124. The van der Waals surface area contributed by atoms with Crippen molar-refractivity contribution in [3.63, 3.8) is 0 Å². The molecule has 0 saturated carbocycles. The summed E-state index contributed by atoms with van der Waals surface area (Å²) in [5, 5.41) is 54.4. The number of rotatable bonds is 16. The molecule has 0 N–H and O–H groups in total. The highest BCUT2D eigenvalue weighted by atomic mass is 14.4. The highest BCUT2D eigenvalue weighted by Gasteiger charge is 2.34. The summed E-state index contributed by atoms with van der Waals surface area (Å²) in [6.45, 7) is 0. The fourth-order valence-electron chi connectivity index (χ4n) is 4.26. The molecule has 152 valence electrons. The van der Waals surface area contributed by atoms with Gasteiger partial charge >= 0.3 is 0 Å². The topological polar surface area (TPSA) is 143 Å². The molecule has 0 heterocycles. The molecule has 0 rings (SSSR count). The van der Waals surface area contributed by atoms with E-state index in [9.17, 15) is 10.5 Å². The molecule has 6 heteroatoms. The van der Waals surface area contributed by atoms with Gasteiger partial charge in [-0.3, -0.25) is 0 Å². The van der Waals surface area contributed by atoms with Gasteiger partial charge in [-0.1, -0.05) is 0 Å². The third-order valence-electron chi connectivity index (χ3n) is 5.64. The van der Waals surface area contributed by atoms with E-state index in [0.717, 1.165) is 12.8 Å². The molecule has 0 radical (unpaired) electrons. The highest BCUT2D eigenvalue weighted by Crippen LogP contribution is 2.45. The minimum absolute atomic E-state index is 0.194. The zero-order valence-corrected chi connectivity index (χ0v) is 17.2. The SMILES string of the molecule is N#CCCC(CCC#N)CC(CCC#N)(CCC#N)CC(CCC#N)CCC#N. The Hall–Kier alpha value is -3.06. The molecule has 29 heavy (non-hydrogen) atoms. The third-order valence-corrected chi connectivity index (χ3v) is 5.64. The van der Waals surface area contributed by atoms with Crippen molar-refractivity contribution in [3.8, 4) is 36.4 Å². The molecule has 0 aliphatic carbocycles. The summed E-state index contributed by atoms with van der Waals surface area (Å²) in [6, 6.07) is 13.2. The lowest BCUT2D eigenvalue weighted by Gasteiger charge is -2.39. The number of hydrogen-bond acceptors (Lipinski definition) is 6. The fraction of sp³-hybridized carbons (Fsp3) is 0.739. The summed E-state index contributed by atoms with van der Waals surface area (Å²) in [5.41, 5.74) is -0.239. The van der Waals surface area contributed by atoms with E-state index in [1.807, 2.05) is 0 Å². The average Bonchev–Trinajstić information content (AvgIpc) is 2.74. The van der Waals surface area contributed by atoms with Gasteiger partial charge in [0.05, 0.1) is 36.4 Å². The molecule has 6 nitrogen and oxygen atoms in total. The van der Waals surface area contributed by atoms with E-state index in [4.69, 9.17) is 21.0 Å². The summed E-state index contributed by atoms with van der Waals surface area (Å²) in [4.78, 5) is 0. The lowest BCUT2D eigenvalue weighted by atomic mass is 9.65. The van der Waals surface area contributed by atoms with E-state index in [2.05, 4.69) is 36.4 Å². The molecule has 0 aromatic heterocycles. The van der Waals surface area contributed by atoms with Gasteiger partial charge < -0.3 is 0 Å². The molecule has 0 bridgehead atoms. The smallest absolute Gasteiger partial charge is 0.0621 e. The van der Waals surface area contributed by atoms with Crippen molar-refractivity contribution in [3.05, 3.63) is 0 Å². The summed E-state index contributed by atoms with van der Waals surface area (Å²) >= 11 is 0. The normalized spacial score (nSPS) is 10.3. The van der Waals surface area contributed by atoms with Crippen LogP contribution in [0.3, 0.4) is 0 Å². The van der Waals surface area contributed by atoms with Crippen LogP contribution in [0.4, 0.5) is 0 Å². The van der Waals surface area contributed by atoms with Crippen LogP contribution in [0.2, 0.25) is 0 Å². The first kappa shape index (κ1) is 25.9. The van der Waals surface area contributed by atoms with Crippen molar-refractivity contribution in [1.29, 1.82) is 31.6 Å². The molecular weight excluding hydrogens is 360 g/mol. The maximum Gasteiger partial charge on any atom is 0.0621 e. The predicted octanol–water partition coefficient (Wildman–Crippen LogP) is 5.81. The van der Waals surface area contributed by atoms with Gasteiger partial charge in [-0.15, -0.1) is 0 Å². The van der Waals surface area contributed by atoms with E-state index in [0.29, 0.717) is 77.0 Å². The highest BCUT2D eigenvalue weighted by molar-refractivity contribution is 4.92. The second-order valence-corrected chi connectivity index (χ2v) is 7.74. The van der Waals surface area contributed by atoms with Crippen LogP contribution in [0.25, 0.3) is 0 Å². The quantitative estimate of drug-likeness (QED) is 0.325. The number of nitriles is 6. The fourth-order valence-corrected chi connectivity index (χ4v) is 4.26. The molecule has 0 amide bonds. The van der Waals surface area contributed by atoms with Gasteiger partial charge in [-0.2, -0.15) is 31.6 Å². The number of nitrogens with zero attached hydrogens (tertiary/aromatic N) is 6. The van der Waals surface area contributed by atoms with Crippen molar-refractivity contribution < 1.29 is 0 Å². The Morgan fingerprint density at radius 1 is 0.448 bits per heavy atom. The van der Waals surface area contributed by atoms with Gasteiger partial charge in [0, 0.05) is 38.5 Å². The van der Waals surface area contributed by atoms with E-state index < -0.39 is 0 Å². The van der Waals surface area contributed by atoms with Crippen LogP contribution < -0.4 is 0 Å². The zero-order chi connectivity index (χ0) is 21.8. The zero-order valence-electron chi connectivity index (χ0n) is 17.2. The molecule has 0 aliphatic rings. The first-order chi connectivity index (χ1) is 14.1. The Morgan fingerprint density at radius 2 is 0.724 bits per heavy atom. The van der Waals surface area contributed by atoms with Gasteiger partial charge in [-0.25, -0.2) is 0 Å². The maximum atomic E-state index is 9.20. The van der Waals surface area contributed by atoms with Crippen LogP contribution in [0, 0.1) is 85.2 Å². The standard InChI is InChI=1S/C23H30N6/c24-13-1-7-21(8-2-14-25)19-23(11-5-17-28,12-6-18-29)20-22(9-3-15-26)10-4-16-27/h21-22H,1-12,19-20H2. The van der Waals surface area contributed by atoms with Crippen molar-refractivity contribution in [1.82, 2.24) is 0 Å². The Kier molecular flexibility index (Phi) is 15.3. The van der Waals surface area contributed by atoms with Gasteiger partial charge in [-0.05, 0) is 68.6 Å². The van der Waals surface area contributed by atoms with Crippen molar-refractivity contribution in [2.45, 2.75) is 89.9 Å². The first-order valence-electron chi connectivity index (χ1n) is 10.3. The summed E-state index contributed by atoms with van der Waals surface area (Å²) in [6.07, 6.45) is 8.18. The first-order valence-corrected chi connectivity index (χ1v) is 10.3. The van der Waals surface area contributed by atoms with E-state index in [1.54, 1.807) is 0 Å². The van der Waals surface area contributed by atoms with Crippen molar-refractivity contribution in [2.24, 2.45) is 17.3 Å². The van der Waals surface area contributed by atoms with Crippen LogP contribution in [-0.4, -0.2) is 0 Å². The molecule has 0 unspecified atom stereocenters. The molecule has 0 aromatic carbocycles. The predicted molar refractivity (Wildman–Crippen MR) is 108 cm³/mol. The third kappa shape index (κ3) is 12.1. The molecular formula is C23H30N6.